The second-order valence-electron chi connectivity index (χ2n) is 8.91. The molecule has 1 spiro atoms. The van der Waals surface area contributed by atoms with Gasteiger partial charge in [0.25, 0.3) is 0 Å². The molecule has 0 N–H and O–H groups in total. The van der Waals surface area contributed by atoms with E-state index in [4.69, 9.17) is 4.74 Å². The van der Waals surface area contributed by atoms with Crippen molar-refractivity contribution in [2.24, 2.45) is 5.41 Å². The molecule has 0 unspecified atom stereocenters. The van der Waals surface area contributed by atoms with Gasteiger partial charge in [-0.1, -0.05) is 31.4 Å². The highest BCUT2D eigenvalue weighted by molar-refractivity contribution is 5.30. The average molecular weight is 438 g/mol. The molecule has 2 aromatic rings. The van der Waals surface area contributed by atoms with E-state index in [-0.39, 0.29) is 6.04 Å². The molecule has 1 aromatic heterocycles. The molecule has 9 heteroatoms. The minimum absolute atomic E-state index is 0.284. The van der Waals surface area contributed by atoms with Gasteiger partial charge in [0.2, 0.25) is 0 Å². The molecule has 1 saturated heterocycles. The second-order valence-corrected chi connectivity index (χ2v) is 8.91. The van der Waals surface area contributed by atoms with E-state index in [1.165, 1.54) is 38.5 Å². The van der Waals surface area contributed by atoms with Crippen LogP contribution in [0.1, 0.15) is 67.9 Å². The summed E-state index contributed by atoms with van der Waals surface area (Å²) in [5, 5.41) is 12.3. The normalized spacial score (nSPS) is 20.8. The summed E-state index contributed by atoms with van der Waals surface area (Å²) in [4.78, 5) is 2.38. The summed E-state index contributed by atoms with van der Waals surface area (Å²) in [6.07, 6.45) is 4.18. The predicted molar refractivity (Wildman–Crippen MR) is 109 cm³/mol. The second kappa shape index (κ2) is 9.24. The number of halogens is 3. The topological polar surface area (TPSA) is 56.1 Å². The smallest absolute Gasteiger partial charge is 0.383 e. The molecule has 2 fully saturated rings. The van der Waals surface area contributed by atoms with Gasteiger partial charge in [-0.05, 0) is 65.8 Å². The van der Waals surface area contributed by atoms with Crippen LogP contribution in [0, 0.1) is 5.41 Å². The van der Waals surface area contributed by atoms with Gasteiger partial charge in [-0.15, -0.1) is 5.10 Å². The number of alkyl halides is 3. The molecule has 2 heterocycles. The Morgan fingerprint density at radius 3 is 2.45 bits per heavy atom. The lowest BCUT2D eigenvalue weighted by molar-refractivity contribution is -0.137. The molecule has 31 heavy (non-hydrogen) atoms. The van der Waals surface area contributed by atoms with Crippen LogP contribution >= 0.6 is 0 Å². The van der Waals surface area contributed by atoms with Crippen LogP contribution in [0.15, 0.2) is 24.3 Å². The third-order valence-corrected chi connectivity index (χ3v) is 6.84. The number of nitrogens with zero attached hydrogens (tertiary/aromatic N) is 5. The first-order valence-electron chi connectivity index (χ1n) is 11.1. The number of methoxy groups -OCH3 is 1. The van der Waals surface area contributed by atoms with E-state index in [0.717, 1.165) is 37.2 Å². The molecule has 2 aliphatic rings. The van der Waals surface area contributed by atoms with Crippen molar-refractivity contribution in [3.05, 3.63) is 41.2 Å². The van der Waals surface area contributed by atoms with Crippen molar-refractivity contribution in [1.82, 2.24) is 25.1 Å². The fourth-order valence-electron chi connectivity index (χ4n) is 5.30. The lowest BCUT2D eigenvalue weighted by Crippen LogP contribution is -2.46. The molecule has 170 valence electrons. The molecule has 6 nitrogen and oxygen atoms in total. The summed E-state index contributed by atoms with van der Waals surface area (Å²) in [6.45, 7) is 2.76. The zero-order chi connectivity index (χ0) is 21.9. The Hall–Kier alpha value is -2.00. The molecule has 1 saturated carbocycles. The van der Waals surface area contributed by atoms with Crippen molar-refractivity contribution in [2.45, 2.75) is 63.7 Å². The van der Waals surface area contributed by atoms with E-state index in [2.05, 4.69) is 20.4 Å². The summed E-state index contributed by atoms with van der Waals surface area (Å²) < 4.78 is 46.3. The molecule has 1 atom stereocenters. The standard InChI is InChI=1S/C22H30F3N5O/c1-31-15-14-30-20(26-27-28-30)19(17-6-8-18(9-7-17)22(23,24)25)29-13-5-12-21(16-29)10-3-2-4-11-21/h6-9,19H,2-5,10-16H2,1H3/t19-/m0/s1. The van der Waals surface area contributed by atoms with E-state index in [0.29, 0.717) is 24.4 Å². The monoisotopic (exact) mass is 437 g/mol. The average Bonchev–Trinajstić information content (AvgIpc) is 3.21. The highest BCUT2D eigenvalue weighted by Gasteiger charge is 2.40. The van der Waals surface area contributed by atoms with Gasteiger partial charge in [0.15, 0.2) is 5.82 Å². The van der Waals surface area contributed by atoms with Gasteiger partial charge in [0.1, 0.15) is 0 Å². The summed E-state index contributed by atoms with van der Waals surface area (Å²) >= 11 is 0. The van der Waals surface area contributed by atoms with Crippen molar-refractivity contribution in [1.29, 1.82) is 0 Å². The number of tetrazole rings is 1. The summed E-state index contributed by atoms with van der Waals surface area (Å²) in [5.41, 5.74) is 0.441. The molecule has 0 bridgehead atoms. The van der Waals surface area contributed by atoms with Crippen molar-refractivity contribution in [3.63, 3.8) is 0 Å². The number of piperidine rings is 1. The highest BCUT2D eigenvalue weighted by atomic mass is 19.4. The van der Waals surface area contributed by atoms with Crippen molar-refractivity contribution in [3.8, 4) is 0 Å². The maximum atomic E-state index is 13.1. The number of benzene rings is 1. The van der Waals surface area contributed by atoms with Gasteiger partial charge in [-0.25, -0.2) is 4.68 Å². The van der Waals surface area contributed by atoms with E-state index in [1.54, 1.807) is 23.9 Å². The van der Waals surface area contributed by atoms with Crippen LogP contribution < -0.4 is 0 Å². The Bertz CT molecular complexity index is 840. The first-order valence-corrected chi connectivity index (χ1v) is 11.1. The third-order valence-electron chi connectivity index (χ3n) is 6.84. The van der Waals surface area contributed by atoms with Crippen LogP contribution in [0.3, 0.4) is 0 Å². The van der Waals surface area contributed by atoms with E-state index < -0.39 is 11.7 Å². The Morgan fingerprint density at radius 2 is 1.77 bits per heavy atom. The van der Waals surface area contributed by atoms with Crippen molar-refractivity contribution in [2.75, 3.05) is 26.8 Å². The van der Waals surface area contributed by atoms with Gasteiger partial charge in [0.05, 0.1) is 24.8 Å². The SMILES string of the molecule is COCCn1nnnc1[C@H](c1ccc(C(F)(F)F)cc1)N1CCCC2(CCCCC2)C1. The molecule has 0 radical (unpaired) electrons. The van der Waals surface area contributed by atoms with E-state index in [9.17, 15) is 13.2 Å². The molecule has 1 aliphatic carbocycles. The lowest BCUT2D eigenvalue weighted by Gasteiger charge is -2.47. The summed E-state index contributed by atoms with van der Waals surface area (Å²) in [6, 6.07) is 5.18. The zero-order valence-electron chi connectivity index (χ0n) is 17.9. The minimum Gasteiger partial charge on any atom is -0.383 e. The number of aromatic nitrogens is 4. The van der Waals surface area contributed by atoms with Crippen molar-refractivity contribution < 1.29 is 17.9 Å². The Balaban J connectivity index is 1.68. The Morgan fingerprint density at radius 1 is 1.06 bits per heavy atom. The Kier molecular flexibility index (Phi) is 6.62. The first-order chi connectivity index (χ1) is 14.9. The maximum absolute atomic E-state index is 13.1. The van der Waals surface area contributed by atoms with Gasteiger partial charge >= 0.3 is 6.18 Å². The molecule has 4 rings (SSSR count). The number of likely N-dealkylation sites (tertiary alicyclic amines) is 1. The fraction of sp³-hybridized carbons (Fsp3) is 0.682. The van der Waals surface area contributed by atoms with E-state index in [1.807, 2.05) is 0 Å². The fourth-order valence-corrected chi connectivity index (χ4v) is 5.30. The van der Waals surface area contributed by atoms with Gasteiger partial charge in [-0.2, -0.15) is 13.2 Å². The van der Waals surface area contributed by atoms with Crippen LogP contribution in [0.2, 0.25) is 0 Å². The van der Waals surface area contributed by atoms with Gasteiger partial charge < -0.3 is 4.74 Å². The highest BCUT2D eigenvalue weighted by Crippen LogP contribution is 2.45. The largest absolute Gasteiger partial charge is 0.416 e. The molecular weight excluding hydrogens is 407 g/mol. The predicted octanol–water partition coefficient (Wildman–Crippen LogP) is 4.47. The van der Waals surface area contributed by atoms with E-state index >= 15 is 0 Å². The number of hydrogen-bond acceptors (Lipinski definition) is 5. The van der Waals surface area contributed by atoms with Crippen LogP contribution in [-0.2, 0) is 17.5 Å². The molecule has 1 aromatic carbocycles. The minimum atomic E-state index is -4.36. The van der Waals surface area contributed by atoms with Crippen molar-refractivity contribution >= 4 is 0 Å². The molecule has 0 amide bonds. The van der Waals surface area contributed by atoms with Crippen LogP contribution in [0.5, 0.6) is 0 Å². The quantitative estimate of drug-likeness (QED) is 0.667. The Labute approximate surface area is 180 Å². The number of rotatable bonds is 6. The molecule has 1 aliphatic heterocycles. The van der Waals surface area contributed by atoms with Crippen LogP contribution in [-0.4, -0.2) is 51.9 Å². The zero-order valence-corrected chi connectivity index (χ0v) is 17.9. The lowest BCUT2D eigenvalue weighted by atomic mass is 9.69. The van der Waals surface area contributed by atoms with Gasteiger partial charge in [-0.3, -0.25) is 4.90 Å². The van der Waals surface area contributed by atoms with Gasteiger partial charge in [0, 0.05) is 13.7 Å². The first kappa shape index (κ1) is 22.2. The number of hydrogen-bond donors (Lipinski definition) is 0. The maximum Gasteiger partial charge on any atom is 0.416 e. The number of ether oxygens (including phenoxy) is 1. The summed E-state index contributed by atoms with van der Waals surface area (Å²) in [5.74, 6) is 0.657. The van der Waals surface area contributed by atoms with Crippen LogP contribution in [0.25, 0.3) is 0 Å². The van der Waals surface area contributed by atoms with Crippen LogP contribution in [0.4, 0.5) is 13.2 Å². The molecular formula is C22H30F3N5O. The summed E-state index contributed by atoms with van der Waals surface area (Å²) in [7, 11) is 1.62. The third kappa shape index (κ3) is 4.92.